The minimum Gasteiger partial charge on any atom is -0.285 e. The second-order valence-electron chi connectivity index (χ2n) is 3.24. The molecule has 0 aromatic rings. The van der Waals surface area contributed by atoms with Crippen LogP contribution in [-0.2, 0) is 0 Å². The quantitative estimate of drug-likeness (QED) is 0.604. The smallest absolute Gasteiger partial charge is 0.0991 e. The summed E-state index contributed by atoms with van der Waals surface area (Å²) in [5.74, 6) is 0. The Bertz CT molecular complexity index is 173. The molecule has 0 N–H and O–H groups in total. The van der Waals surface area contributed by atoms with Gasteiger partial charge in [0.05, 0.1) is 4.87 Å². The van der Waals surface area contributed by atoms with Crippen LogP contribution in [0.25, 0.3) is 0 Å². The molecule has 1 radical (unpaired) electrons. The molecule has 0 aromatic heterocycles. The van der Waals surface area contributed by atoms with E-state index in [0.717, 1.165) is 19.5 Å². The average Bonchev–Trinajstić information content (AvgIpc) is 2.57. The Morgan fingerprint density at radius 2 is 1.92 bits per heavy atom. The van der Waals surface area contributed by atoms with E-state index >= 15 is 0 Å². The van der Waals surface area contributed by atoms with E-state index in [1.54, 1.807) is 0 Å². The Labute approximate surface area is 80.6 Å². The Hall–Kier alpha value is -0.210. The molecular formula is C10H16NS. The number of nitrogens with zero attached hydrogens (tertiary/aromatic N) is 1. The fourth-order valence-corrected chi connectivity index (χ4v) is 1.94. The molecule has 0 spiro atoms. The molecule has 1 rings (SSSR count). The van der Waals surface area contributed by atoms with Crippen LogP contribution in [0.4, 0.5) is 0 Å². The summed E-state index contributed by atoms with van der Waals surface area (Å²) in [4.78, 5) is 2.05. The van der Waals surface area contributed by atoms with E-state index in [-0.39, 0.29) is 4.87 Å². The molecular weight excluding hydrogens is 166 g/mol. The summed E-state index contributed by atoms with van der Waals surface area (Å²) in [6.45, 7) is 9.76. The standard InChI is InChI=1S/C10H16NS/c1-3-7-10(12,4-2)11-8-5-6-9-11/h3-4H,1-2,5-9H2. The Balaban J connectivity index is 2.62. The van der Waals surface area contributed by atoms with Gasteiger partial charge in [-0.05, 0) is 32.4 Å². The lowest BCUT2D eigenvalue weighted by molar-refractivity contribution is 0.258. The predicted molar refractivity (Wildman–Crippen MR) is 56.1 cm³/mol. The maximum atomic E-state index is 5.50. The van der Waals surface area contributed by atoms with Crippen LogP contribution in [0, 0.1) is 0 Å². The molecule has 1 atom stereocenters. The van der Waals surface area contributed by atoms with Crippen molar-refractivity contribution in [2.45, 2.75) is 24.1 Å². The molecule has 1 unspecified atom stereocenters. The molecule has 1 nitrogen and oxygen atoms in total. The van der Waals surface area contributed by atoms with Crippen LogP contribution in [0.5, 0.6) is 0 Å². The third kappa shape index (κ3) is 1.93. The van der Waals surface area contributed by atoms with E-state index in [1.807, 2.05) is 12.2 Å². The van der Waals surface area contributed by atoms with Crippen LogP contribution in [0.3, 0.4) is 0 Å². The summed E-state index contributed by atoms with van der Waals surface area (Å²) in [6, 6.07) is 0. The monoisotopic (exact) mass is 182 g/mol. The van der Waals surface area contributed by atoms with E-state index in [1.165, 1.54) is 12.8 Å². The minimum absolute atomic E-state index is 0.266. The number of rotatable bonds is 4. The molecule has 67 valence electrons. The van der Waals surface area contributed by atoms with Gasteiger partial charge in [0.25, 0.3) is 0 Å². The zero-order valence-electron chi connectivity index (χ0n) is 7.46. The first-order valence-corrected chi connectivity index (χ1v) is 4.84. The predicted octanol–water partition coefficient (Wildman–Crippen LogP) is 2.74. The van der Waals surface area contributed by atoms with Crippen LogP contribution in [0.1, 0.15) is 19.3 Å². The van der Waals surface area contributed by atoms with Gasteiger partial charge in [-0.25, -0.2) is 0 Å². The van der Waals surface area contributed by atoms with Gasteiger partial charge < -0.3 is 0 Å². The van der Waals surface area contributed by atoms with Gasteiger partial charge in [0.1, 0.15) is 0 Å². The van der Waals surface area contributed by atoms with Crippen LogP contribution in [0.2, 0.25) is 0 Å². The minimum atomic E-state index is -0.266. The molecule has 1 aliphatic rings. The zero-order chi connectivity index (χ0) is 9.03. The number of hydrogen-bond acceptors (Lipinski definition) is 1. The van der Waals surface area contributed by atoms with Gasteiger partial charge in [0.15, 0.2) is 0 Å². The normalized spacial score (nSPS) is 23.4. The average molecular weight is 182 g/mol. The molecule has 1 aliphatic heterocycles. The van der Waals surface area contributed by atoms with Crippen molar-refractivity contribution in [1.29, 1.82) is 0 Å². The Morgan fingerprint density at radius 1 is 1.33 bits per heavy atom. The van der Waals surface area contributed by atoms with Gasteiger partial charge in [0.2, 0.25) is 0 Å². The first kappa shape index (κ1) is 9.87. The van der Waals surface area contributed by atoms with E-state index in [0.29, 0.717) is 0 Å². The third-order valence-corrected chi connectivity index (χ3v) is 2.99. The molecule has 0 amide bonds. The summed E-state index contributed by atoms with van der Waals surface area (Å²) in [5, 5.41) is 0. The lowest BCUT2D eigenvalue weighted by Crippen LogP contribution is -2.40. The van der Waals surface area contributed by atoms with Gasteiger partial charge in [-0.15, -0.1) is 13.2 Å². The van der Waals surface area contributed by atoms with E-state index in [2.05, 4.69) is 18.1 Å². The largest absolute Gasteiger partial charge is 0.285 e. The first-order valence-electron chi connectivity index (χ1n) is 4.43. The van der Waals surface area contributed by atoms with Gasteiger partial charge in [-0.2, -0.15) is 0 Å². The Morgan fingerprint density at radius 3 is 2.33 bits per heavy atom. The fraction of sp³-hybridized carbons (Fsp3) is 0.600. The number of hydrogen-bond donors (Lipinski definition) is 0. The summed E-state index contributed by atoms with van der Waals surface area (Å²) in [5.41, 5.74) is 0. The fourth-order valence-electron chi connectivity index (χ4n) is 1.64. The van der Waals surface area contributed by atoms with Crippen LogP contribution in [0.15, 0.2) is 25.3 Å². The summed E-state index contributed by atoms with van der Waals surface area (Å²) in [7, 11) is 0. The maximum Gasteiger partial charge on any atom is 0.0991 e. The molecule has 0 saturated carbocycles. The summed E-state index contributed by atoms with van der Waals surface area (Å²) >= 11 is 5.50. The third-order valence-electron chi connectivity index (χ3n) is 2.40. The molecule has 0 aromatic carbocycles. The lowest BCUT2D eigenvalue weighted by Gasteiger charge is -2.33. The zero-order valence-corrected chi connectivity index (χ0v) is 8.28. The highest BCUT2D eigenvalue weighted by Gasteiger charge is 2.31. The molecule has 0 bridgehead atoms. The van der Waals surface area contributed by atoms with Crippen molar-refractivity contribution < 1.29 is 0 Å². The highest BCUT2D eigenvalue weighted by molar-refractivity contribution is 7.82. The van der Waals surface area contributed by atoms with Crippen molar-refractivity contribution in [2.24, 2.45) is 0 Å². The molecule has 0 aliphatic carbocycles. The Kier molecular flexibility index (Phi) is 3.41. The highest BCUT2D eigenvalue weighted by Crippen LogP contribution is 2.29. The van der Waals surface area contributed by atoms with Gasteiger partial charge in [-0.1, -0.05) is 24.8 Å². The van der Waals surface area contributed by atoms with Crippen LogP contribution in [-0.4, -0.2) is 22.9 Å². The van der Waals surface area contributed by atoms with Crippen molar-refractivity contribution in [3.05, 3.63) is 25.3 Å². The summed E-state index contributed by atoms with van der Waals surface area (Å²) in [6.07, 6.45) is 7.11. The molecule has 12 heavy (non-hydrogen) atoms. The van der Waals surface area contributed by atoms with Crippen molar-refractivity contribution in [3.8, 4) is 0 Å². The second kappa shape index (κ2) is 4.15. The van der Waals surface area contributed by atoms with E-state index in [9.17, 15) is 0 Å². The molecule has 1 fully saturated rings. The van der Waals surface area contributed by atoms with Crippen molar-refractivity contribution in [1.82, 2.24) is 4.90 Å². The molecule has 2 heteroatoms. The molecule has 1 heterocycles. The van der Waals surface area contributed by atoms with Crippen LogP contribution >= 0.6 is 12.6 Å². The van der Waals surface area contributed by atoms with Gasteiger partial charge in [0, 0.05) is 0 Å². The van der Waals surface area contributed by atoms with Gasteiger partial charge in [-0.3, -0.25) is 4.90 Å². The van der Waals surface area contributed by atoms with Crippen molar-refractivity contribution in [3.63, 3.8) is 0 Å². The SMILES string of the molecule is C=CCC([S])(C=C)N1CCCC1. The van der Waals surface area contributed by atoms with E-state index < -0.39 is 0 Å². The number of likely N-dealkylation sites (tertiary alicyclic amines) is 1. The van der Waals surface area contributed by atoms with Crippen molar-refractivity contribution >= 4 is 12.6 Å². The topological polar surface area (TPSA) is 3.24 Å². The lowest BCUT2D eigenvalue weighted by atomic mass is 10.1. The van der Waals surface area contributed by atoms with Gasteiger partial charge >= 0.3 is 0 Å². The maximum absolute atomic E-state index is 5.50. The van der Waals surface area contributed by atoms with Crippen LogP contribution < -0.4 is 0 Å². The molecule has 1 saturated heterocycles. The van der Waals surface area contributed by atoms with E-state index in [4.69, 9.17) is 12.6 Å². The van der Waals surface area contributed by atoms with Crippen molar-refractivity contribution in [2.75, 3.05) is 13.1 Å². The second-order valence-corrected chi connectivity index (χ2v) is 3.94. The summed E-state index contributed by atoms with van der Waals surface area (Å²) < 4.78 is 0. The highest BCUT2D eigenvalue weighted by atomic mass is 32.1. The first-order chi connectivity index (χ1) is 5.73.